The van der Waals surface area contributed by atoms with Crippen molar-refractivity contribution in [3.8, 4) is 0 Å². The Bertz CT molecular complexity index is 317. The molecule has 0 aliphatic heterocycles. The zero-order chi connectivity index (χ0) is 14.6. The van der Waals surface area contributed by atoms with Crippen LogP contribution >= 0.6 is 0 Å². The first-order valence-corrected chi connectivity index (χ1v) is 7.95. The molecule has 1 nitrogen and oxygen atoms in total. The Morgan fingerprint density at radius 3 is 2.21 bits per heavy atom. The van der Waals surface area contributed by atoms with E-state index in [-0.39, 0.29) is 0 Å². The smallest absolute Gasteiger partial charge is 0.00412 e. The molecule has 0 aromatic heterocycles. The zero-order valence-corrected chi connectivity index (χ0v) is 14.0. The average molecular weight is 263 g/mol. The highest BCUT2D eigenvalue weighted by Crippen LogP contribution is 2.31. The van der Waals surface area contributed by atoms with Crippen molar-refractivity contribution in [2.24, 2.45) is 17.8 Å². The minimum Gasteiger partial charge on any atom is -0.299 e. The summed E-state index contributed by atoms with van der Waals surface area (Å²) >= 11 is 0. The van der Waals surface area contributed by atoms with Gasteiger partial charge in [-0.15, -0.1) is 0 Å². The lowest BCUT2D eigenvalue weighted by Crippen LogP contribution is -2.38. The summed E-state index contributed by atoms with van der Waals surface area (Å²) in [5.74, 6) is 2.16. The van der Waals surface area contributed by atoms with Gasteiger partial charge in [0.2, 0.25) is 0 Å². The molecule has 1 aliphatic carbocycles. The van der Waals surface area contributed by atoms with Crippen LogP contribution in [0.25, 0.3) is 0 Å². The molecule has 1 heteroatoms. The molecule has 0 bridgehead atoms. The molecule has 110 valence electrons. The molecule has 0 amide bonds. The molecule has 0 saturated carbocycles. The largest absolute Gasteiger partial charge is 0.299 e. The standard InChI is InChI=1S/C18H33N/c1-13(2)19(14(3)4)11-10-17(7)18-12-15(5)8-9-16(18)6/h8-9,12-14,16-18H,10-11H2,1-7H3. The predicted octanol–water partition coefficient (Wildman–Crippen LogP) is 4.90. The maximum absolute atomic E-state index is 2.61. The molecule has 0 heterocycles. The Labute approximate surface area is 120 Å². The second kappa shape index (κ2) is 7.28. The van der Waals surface area contributed by atoms with Crippen LogP contribution in [0.1, 0.15) is 54.9 Å². The molecule has 0 aromatic rings. The van der Waals surface area contributed by atoms with E-state index in [0.717, 1.165) is 5.92 Å². The Kier molecular flexibility index (Phi) is 6.32. The van der Waals surface area contributed by atoms with Gasteiger partial charge in [-0.25, -0.2) is 0 Å². The van der Waals surface area contributed by atoms with Gasteiger partial charge in [-0.3, -0.25) is 4.90 Å². The molecular formula is C18H33N. The molecule has 0 N–H and O–H groups in total. The normalized spacial score (nSPS) is 25.3. The van der Waals surface area contributed by atoms with Crippen molar-refractivity contribution in [3.05, 3.63) is 23.8 Å². The summed E-state index contributed by atoms with van der Waals surface area (Å²) < 4.78 is 0. The number of hydrogen-bond acceptors (Lipinski definition) is 1. The maximum atomic E-state index is 2.61. The Morgan fingerprint density at radius 2 is 1.68 bits per heavy atom. The van der Waals surface area contributed by atoms with E-state index in [9.17, 15) is 0 Å². The van der Waals surface area contributed by atoms with Gasteiger partial charge in [-0.05, 0) is 65.3 Å². The number of rotatable bonds is 6. The zero-order valence-electron chi connectivity index (χ0n) is 14.0. The summed E-state index contributed by atoms with van der Waals surface area (Å²) in [5.41, 5.74) is 1.43. The Morgan fingerprint density at radius 1 is 1.11 bits per heavy atom. The highest BCUT2D eigenvalue weighted by Gasteiger charge is 2.23. The van der Waals surface area contributed by atoms with E-state index in [2.05, 4.69) is 71.6 Å². The fourth-order valence-electron chi connectivity index (χ4n) is 3.28. The predicted molar refractivity (Wildman–Crippen MR) is 86.3 cm³/mol. The minimum atomic E-state index is 0.646. The first kappa shape index (κ1) is 16.5. The van der Waals surface area contributed by atoms with Gasteiger partial charge in [0.05, 0.1) is 0 Å². The molecule has 19 heavy (non-hydrogen) atoms. The van der Waals surface area contributed by atoms with Crippen LogP contribution in [0.4, 0.5) is 0 Å². The van der Waals surface area contributed by atoms with Crippen molar-refractivity contribution in [2.75, 3.05) is 6.54 Å². The van der Waals surface area contributed by atoms with Gasteiger partial charge in [0.25, 0.3) is 0 Å². The van der Waals surface area contributed by atoms with Crippen LogP contribution in [-0.4, -0.2) is 23.5 Å². The quantitative estimate of drug-likeness (QED) is 0.659. The maximum Gasteiger partial charge on any atom is 0.00412 e. The van der Waals surface area contributed by atoms with E-state index < -0.39 is 0 Å². The molecule has 0 spiro atoms. The van der Waals surface area contributed by atoms with E-state index in [4.69, 9.17) is 0 Å². The van der Waals surface area contributed by atoms with E-state index in [1.807, 2.05) is 0 Å². The molecule has 3 atom stereocenters. The van der Waals surface area contributed by atoms with Crippen molar-refractivity contribution in [3.63, 3.8) is 0 Å². The van der Waals surface area contributed by atoms with Gasteiger partial charge in [0.15, 0.2) is 0 Å². The van der Waals surface area contributed by atoms with Gasteiger partial charge in [-0.1, -0.05) is 37.6 Å². The monoisotopic (exact) mass is 263 g/mol. The van der Waals surface area contributed by atoms with E-state index in [1.54, 1.807) is 0 Å². The summed E-state index contributed by atoms with van der Waals surface area (Å²) in [6.45, 7) is 17.4. The Hall–Kier alpha value is -0.560. The lowest BCUT2D eigenvalue weighted by Gasteiger charge is -2.34. The summed E-state index contributed by atoms with van der Waals surface area (Å²) in [6, 6.07) is 1.29. The highest BCUT2D eigenvalue weighted by atomic mass is 15.2. The third-order valence-corrected chi connectivity index (χ3v) is 4.55. The topological polar surface area (TPSA) is 3.24 Å². The van der Waals surface area contributed by atoms with E-state index in [1.165, 1.54) is 18.5 Å². The average Bonchev–Trinajstić information content (AvgIpc) is 2.31. The first-order chi connectivity index (χ1) is 8.82. The second-order valence-electron chi connectivity index (χ2n) is 6.90. The van der Waals surface area contributed by atoms with Crippen LogP contribution in [0.5, 0.6) is 0 Å². The molecule has 0 saturated heterocycles. The van der Waals surface area contributed by atoms with Crippen LogP contribution in [-0.2, 0) is 0 Å². The van der Waals surface area contributed by atoms with Crippen LogP contribution in [0, 0.1) is 17.8 Å². The van der Waals surface area contributed by atoms with Gasteiger partial charge in [0.1, 0.15) is 0 Å². The molecule has 0 aromatic carbocycles. The Balaban J connectivity index is 2.55. The fraction of sp³-hybridized carbons (Fsp3) is 0.778. The summed E-state index contributed by atoms with van der Waals surface area (Å²) in [4.78, 5) is 2.61. The van der Waals surface area contributed by atoms with Gasteiger partial charge in [0, 0.05) is 12.1 Å². The van der Waals surface area contributed by atoms with Crippen LogP contribution in [0.2, 0.25) is 0 Å². The summed E-state index contributed by atoms with van der Waals surface area (Å²) in [5, 5.41) is 0. The van der Waals surface area contributed by atoms with Gasteiger partial charge >= 0.3 is 0 Å². The first-order valence-electron chi connectivity index (χ1n) is 7.95. The van der Waals surface area contributed by atoms with Crippen molar-refractivity contribution < 1.29 is 0 Å². The summed E-state index contributed by atoms with van der Waals surface area (Å²) in [7, 11) is 0. The van der Waals surface area contributed by atoms with Crippen LogP contribution < -0.4 is 0 Å². The number of allylic oxidation sites excluding steroid dienone is 4. The van der Waals surface area contributed by atoms with E-state index >= 15 is 0 Å². The van der Waals surface area contributed by atoms with Gasteiger partial charge < -0.3 is 0 Å². The highest BCUT2D eigenvalue weighted by molar-refractivity contribution is 5.23. The molecule has 1 aliphatic rings. The summed E-state index contributed by atoms with van der Waals surface area (Å²) in [6.07, 6.45) is 8.41. The molecule has 0 radical (unpaired) electrons. The third kappa shape index (κ3) is 4.80. The van der Waals surface area contributed by atoms with Crippen LogP contribution in [0.3, 0.4) is 0 Å². The third-order valence-electron chi connectivity index (χ3n) is 4.55. The van der Waals surface area contributed by atoms with Crippen molar-refractivity contribution >= 4 is 0 Å². The second-order valence-corrected chi connectivity index (χ2v) is 6.90. The number of nitrogens with zero attached hydrogens (tertiary/aromatic N) is 1. The molecular weight excluding hydrogens is 230 g/mol. The lowest BCUT2D eigenvalue weighted by atomic mass is 9.78. The minimum absolute atomic E-state index is 0.646. The van der Waals surface area contributed by atoms with Crippen molar-refractivity contribution in [1.82, 2.24) is 4.90 Å². The lowest BCUT2D eigenvalue weighted by molar-refractivity contribution is 0.155. The van der Waals surface area contributed by atoms with Crippen molar-refractivity contribution in [1.29, 1.82) is 0 Å². The molecule has 3 unspecified atom stereocenters. The molecule has 0 fully saturated rings. The van der Waals surface area contributed by atoms with Gasteiger partial charge in [-0.2, -0.15) is 0 Å². The number of hydrogen-bond donors (Lipinski definition) is 0. The fourth-order valence-corrected chi connectivity index (χ4v) is 3.28. The SMILES string of the molecule is CC1=CC(C(C)CCN(C(C)C)C(C)C)C(C)C=C1. The molecule has 1 rings (SSSR count). The van der Waals surface area contributed by atoms with Crippen molar-refractivity contribution in [2.45, 2.75) is 67.0 Å². The van der Waals surface area contributed by atoms with E-state index in [0.29, 0.717) is 23.9 Å². The van der Waals surface area contributed by atoms with Crippen LogP contribution in [0.15, 0.2) is 23.8 Å².